The summed E-state index contributed by atoms with van der Waals surface area (Å²) in [5.74, 6) is 1.01. The van der Waals surface area contributed by atoms with Gasteiger partial charge in [0.1, 0.15) is 12.2 Å². The van der Waals surface area contributed by atoms with Crippen molar-refractivity contribution < 1.29 is 0 Å². The first-order valence-corrected chi connectivity index (χ1v) is 8.42. The maximum atomic E-state index is 4.06. The predicted octanol–water partition coefficient (Wildman–Crippen LogP) is 2.57. The van der Waals surface area contributed by atoms with Gasteiger partial charge < -0.3 is 9.47 Å². The van der Waals surface area contributed by atoms with Crippen molar-refractivity contribution in [3.8, 4) is 0 Å². The van der Waals surface area contributed by atoms with Gasteiger partial charge in [-0.1, -0.05) is 24.3 Å². The van der Waals surface area contributed by atoms with E-state index in [1.54, 1.807) is 11.1 Å². The normalized spacial score (nSPS) is 20.4. The van der Waals surface area contributed by atoms with Gasteiger partial charge in [-0.15, -0.1) is 10.2 Å². The molecule has 2 aromatic rings. The van der Waals surface area contributed by atoms with E-state index in [2.05, 4.69) is 43.9 Å². The molecule has 4 heteroatoms. The largest absolute Gasteiger partial charge is 0.317 e. The van der Waals surface area contributed by atoms with Crippen LogP contribution in [0.2, 0.25) is 0 Å². The standard InChI is InChI=1S/C18H24N4/c1-15-20-19-14-22(15)13-12-21-10-8-18(9-11-21)7-6-16-4-2-3-5-17(16)18/h2-5,14H,6-13H2,1H3. The van der Waals surface area contributed by atoms with Crippen LogP contribution in [0.15, 0.2) is 30.6 Å². The minimum atomic E-state index is 0.472. The van der Waals surface area contributed by atoms with Gasteiger partial charge in [-0.3, -0.25) is 0 Å². The van der Waals surface area contributed by atoms with E-state index in [1.165, 1.54) is 38.8 Å². The lowest BCUT2D eigenvalue weighted by Crippen LogP contribution is -2.42. The van der Waals surface area contributed by atoms with E-state index in [0.717, 1.165) is 18.9 Å². The van der Waals surface area contributed by atoms with E-state index in [1.807, 2.05) is 13.3 Å². The second-order valence-electron chi connectivity index (χ2n) is 6.85. The molecule has 0 bridgehead atoms. The molecule has 0 amide bonds. The molecular weight excluding hydrogens is 272 g/mol. The van der Waals surface area contributed by atoms with Gasteiger partial charge >= 0.3 is 0 Å². The van der Waals surface area contributed by atoms with E-state index >= 15 is 0 Å². The molecule has 1 saturated heterocycles. The molecule has 0 unspecified atom stereocenters. The number of hydrogen-bond donors (Lipinski definition) is 0. The summed E-state index contributed by atoms with van der Waals surface area (Å²) in [5.41, 5.74) is 3.71. The lowest BCUT2D eigenvalue weighted by molar-refractivity contribution is 0.154. The summed E-state index contributed by atoms with van der Waals surface area (Å²) < 4.78 is 2.15. The predicted molar refractivity (Wildman–Crippen MR) is 86.9 cm³/mol. The Labute approximate surface area is 132 Å². The Bertz CT molecular complexity index is 653. The maximum absolute atomic E-state index is 4.06. The molecule has 2 heterocycles. The number of hydrogen-bond acceptors (Lipinski definition) is 3. The van der Waals surface area contributed by atoms with Crippen LogP contribution in [0.25, 0.3) is 0 Å². The van der Waals surface area contributed by atoms with Crippen LogP contribution in [0.1, 0.15) is 36.2 Å². The first-order valence-electron chi connectivity index (χ1n) is 8.42. The molecule has 1 aromatic heterocycles. The number of aromatic nitrogens is 3. The summed E-state index contributed by atoms with van der Waals surface area (Å²) in [6.45, 7) is 6.57. The van der Waals surface area contributed by atoms with Gasteiger partial charge in [-0.25, -0.2) is 0 Å². The second-order valence-corrected chi connectivity index (χ2v) is 6.85. The summed E-state index contributed by atoms with van der Waals surface area (Å²) in [5, 5.41) is 8.02. The highest BCUT2D eigenvalue weighted by Gasteiger charge is 2.40. The molecule has 1 fully saturated rings. The van der Waals surface area contributed by atoms with Gasteiger partial charge in [0, 0.05) is 13.1 Å². The molecule has 4 rings (SSSR count). The Hall–Kier alpha value is -1.68. The van der Waals surface area contributed by atoms with E-state index in [-0.39, 0.29) is 0 Å². The summed E-state index contributed by atoms with van der Waals surface area (Å²) in [6.07, 6.45) is 7.09. The summed E-state index contributed by atoms with van der Waals surface area (Å²) in [7, 11) is 0. The summed E-state index contributed by atoms with van der Waals surface area (Å²) >= 11 is 0. The van der Waals surface area contributed by atoms with Crippen molar-refractivity contribution in [1.82, 2.24) is 19.7 Å². The highest BCUT2D eigenvalue weighted by atomic mass is 15.3. The molecule has 0 radical (unpaired) electrons. The van der Waals surface area contributed by atoms with Gasteiger partial charge in [0.25, 0.3) is 0 Å². The topological polar surface area (TPSA) is 34.0 Å². The molecule has 22 heavy (non-hydrogen) atoms. The van der Waals surface area contributed by atoms with Crippen LogP contribution in [-0.4, -0.2) is 39.3 Å². The average Bonchev–Trinajstić information content (AvgIpc) is 3.12. The van der Waals surface area contributed by atoms with Gasteiger partial charge in [0.2, 0.25) is 0 Å². The zero-order valence-electron chi connectivity index (χ0n) is 13.3. The highest BCUT2D eigenvalue weighted by Crippen LogP contribution is 2.45. The Morgan fingerprint density at radius 1 is 1.09 bits per heavy atom. The lowest BCUT2D eigenvalue weighted by Gasteiger charge is -2.40. The minimum absolute atomic E-state index is 0.472. The second kappa shape index (κ2) is 5.51. The first kappa shape index (κ1) is 13.9. The Balaban J connectivity index is 1.38. The maximum Gasteiger partial charge on any atom is 0.129 e. The highest BCUT2D eigenvalue weighted by molar-refractivity contribution is 5.39. The molecule has 1 aromatic carbocycles. The van der Waals surface area contributed by atoms with E-state index < -0.39 is 0 Å². The average molecular weight is 296 g/mol. The van der Waals surface area contributed by atoms with Crippen LogP contribution in [-0.2, 0) is 18.4 Å². The van der Waals surface area contributed by atoms with Crippen molar-refractivity contribution in [1.29, 1.82) is 0 Å². The summed E-state index contributed by atoms with van der Waals surface area (Å²) in [6, 6.07) is 9.10. The third-order valence-corrected chi connectivity index (χ3v) is 5.74. The van der Waals surface area contributed by atoms with Crippen LogP contribution < -0.4 is 0 Å². The SMILES string of the molecule is Cc1nncn1CCN1CCC2(CCc3ccccc32)CC1. The molecule has 0 N–H and O–H groups in total. The summed E-state index contributed by atoms with van der Waals surface area (Å²) in [4.78, 5) is 2.60. The number of fused-ring (bicyclic) bond motifs is 2. The first-order chi connectivity index (χ1) is 10.8. The number of aryl methyl sites for hydroxylation is 2. The van der Waals surface area contributed by atoms with Crippen LogP contribution in [0, 0.1) is 6.92 Å². The molecule has 1 aliphatic heterocycles. The zero-order valence-corrected chi connectivity index (χ0v) is 13.3. The fourth-order valence-electron chi connectivity index (χ4n) is 4.27. The van der Waals surface area contributed by atoms with Crippen molar-refractivity contribution in [2.45, 2.75) is 44.6 Å². The number of likely N-dealkylation sites (tertiary alicyclic amines) is 1. The molecule has 1 spiro atoms. The smallest absolute Gasteiger partial charge is 0.129 e. The van der Waals surface area contributed by atoms with Gasteiger partial charge in [-0.2, -0.15) is 0 Å². The molecule has 116 valence electrons. The Morgan fingerprint density at radius 2 is 1.91 bits per heavy atom. The lowest BCUT2D eigenvalue weighted by atomic mass is 9.74. The van der Waals surface area contributed by atoms with Crippen molar-refractivity contribution in [3.63, 3.8) is 0 Å². The van der Waals surface area contributed by atoms with Crippen molar-refractivity contribution >= 4 is 0 Å². The minimum Gasteiger partial charge on any atom is -0.317 e. The van der Waals surface area contributed by atoms with Crippen LogP contribution in [0.3, 0.4) is 0 Å². The van der Waals surface area contributed by atoms with Crippen LogP contribution in [0.5, 0.6) is 0 Å². The van der Waals surface area contributed by atoms with Crippen LogP contribution >= 0.6 is 0 Å². The Morgan fingerprint density at radius 3 is 2.68 bits per heavy atom. The fourth-order valence-corrected chi connectivity index (χ4v) is 4.27. The molecular formula is C18H24N4. The molecule has 0 saturated carbocycles. The third kappa shape index (κ3) is 2.35. The number of benzene rings is 1. The molecule has 1 aliphatic carbocycles. The number of nitrogens with zero attached hydrogens (tertiary/aromatic N) is 4. The monoisotopic (exact) mass is 296 g/mol. The van der Waals surface area contributed by atoms with Gasteiger partial charge in [0.05, 0.1) is 0 Å². The Kier molecular flexibility index (Phi) is 3.49. The number of rotatable bonds is 3. The van der Waals surface area contributed by atoms with E-state index in [9.17, 15) is 0 Å². The quantitative estimate of drug-likeness (QED) is 0.873. The number of piperidine rings is 1. The third-order valence-electron chi connectivity index (χ3n) is 5.74. The molecule has 2 aliphatic rings. The zero-order chi connectivity index (χ0) is 15.0. The van der Waals surface area contributed by atoms with E-state index in [0.29, 0.717) is 5.41 Å². The molecule has 4 nitrogen and oxygen atoms in total. The molecule has 0 atom stereocenters. The van der Waals surface area contributed by atoms with Crippen molar-refractivity contribution in [2.75, 3.05) is 19.6 Å². The van der Waals surface area contributed by atoms with Gasteiger partial charge in [0.15, 0.2) is 0 Å². The van der Waals surface area contributed by atoms with Crippen molar-refractivity contribution in [3.05, 3.63) is 47.5 Å². The van der Waals surface area contributed by atoms with Gasteiger partial charge in [-0.05, 0) is 62.2 Å². The van der Waals surface area contributed by atoms with E-state index in [4.69, 9.17) is 0 Å². The van der Waals surface area contributed by atoms with Crippen molar-refractivity contribution in [2.24, 2.45) is 0 Å². The van der Waals surface area contributed by atoms with Crippen LogP contribution in [0.4, 0.5) is 0 Å². The fraction of sp³-hybridized carbons (Fsp3) is 0.556.